The first kappa shape index (κ1) is 17.2. The fourth-order valence-corrected chi connectivity index (χ4v) is 3.51. The van der Waals surface area contributed by atoms with Gasteiger partial charge in [-0.15, -0.1) is 0 Å². The molecule has 0 saturated carbocycles. The van der Waals surface area contributed by atoms with Crippen LogP contribution < -0.4 is 10.5 Å². The van der Waals surface area contributed by atoms with Crippen LogP contribution in [0.15, 0.2) is 53.6 Å². The molecule has 7 heteroatoms. The minimum absolute atomic E-state index is 0.0280. The van der Waals surface area contributed by atoms with Crippen molar-refractivity contribution in [1.82, 2.24) is 19.7 Å². The zero-order valence-corrected chi connectivity index (χ0v) is 15.2. The van der Waals surface area contributed by atoms with Crippen molar-refractivity contribution in [3.63, 3.8) is 0 Å². The number of carbonyl (C=O) groups excluding carboxylic acids is 1. The summed E-state index contributed by atoms with van der Waals surface area (Å²) in [5.41, 5.74) is 1.64. The normalized spacial score (nSPS) is 14.6. The van der Waals surface area contributed by atoms with Crippen molar-refractivity contribution in [2.75, 3.05) is 31.1 Å². The van der Waals surface area contributed by atoms with Gasteiger partial charge >= 0.3 is 0 Å². The molecule has 1 amide bonds. The molecule has 1 saturated heterocycles. The Hall–Kier alpha value is -3.22. The highest BCUT2D eigenvalue weighted by atomic mass is 16.2. The summed E-state index contributed by atoms with van der Waals surface area (Å²) < 4.78 is 1.29. The number of amides is 1. The van der Waals surface area contributed by atoms with E-state index in [1.165, 1.54) is 4.68 Å². The van der Waals surface area contributed by atoms with E-state index in [0.29, 0.717) is 18.5 Å². The topological polar surface area (TPSA) is 71.3 Å². The molecule has 1 aliphatic rings. The van der Waals surface area contributed by atoms with Crippen LogP contribution in [0.1, 0.15) is 5.69 Å². The molecule has 0 unspecified atom stereocenters. The van der Waals surface area contributed by atoms with Crippen molar-refractivity contribution < 1.29 is 4.79 Å². The van der Waals surface area contributed by atoms with Crippen molar-refractivity contribution in [3.05, 3.63) is 64.8 Å². The van der Waals surface area contributed by atoms with Crippen LogP contribution in [0, 0.1) is 6.92 Å². The van der Waals surface area contributed by atoms with Gasteiger partial charge in [0.15, 0.2) is 0 Å². The molecule has 27 heavy (non-hydrogen) atoms. The van der Waals surface area contributed by atoms with E-state index in [9.17, 15) is 9.59 Å². The second-order valence-electron chi connectivity index (χ2n) is 6.67. The van der Waals surface area contributed by atoms with Crippen LogP contribution in [-0.2, 0) is 11.3 Å². The van der Waals surface area contributed by atoms with Gasteiger partial charge in [0, 0.05) is 49.6 Å². The molecule has 2 aromatic heterocycles. The van der Waals surface area contributed by atoms with Crippen molar-refractivity contribution in [2.45, 2.75) is 13.5 Å². The Labute approximate surface area is 156 Å². The van der Waals surface area contributed by atoms with Crippen LogP contribution in [0.2, 0.25) is 0 Å². The van der Waals surface area contributed by atoms with Gasteiger partial charge in [-0.3, -0.25) is 14.6 Å². The zero-order chi connectivity index (χ0) is 18.8. The van der Waals surface area contributed by atoms with Crippen molar-refractivity contribution >= 4 is 22.4 Å². The summed E-state index contributed by atoms with van der Waals surface area (Å²) >= 11 is 0. The third-order valence-corrected chi connectivity index (χ3v) is 5.00. The summed E-state index contributed by atoms with van der Waals surface area (Å²) in [5.74, 6) is -0.0753. The van der Waals surface area contributed by atoms with E-state index in [1.54, 1.807) is 23.4 Å². The Kier molecular flexibility index (Phi) is 4.58. The number of rotatable bonds is 3. The van der Waals surface area contributed by atoms with Crippen molar-refractivity contribution in [1.29, 1.82) is 0 Å². The van der Waals surface area contributed by atoms with Crippen LogP contribution in [0.3, 0.4) is 0 Å². The number of nitrogens with zero attached hydrogens (tertiary/aromatic N) is 5. The maximum atomic E-state index is 12.7. The quantitative estimate of drug-likeness (QED) is 0.704. The first-order valence-electron chi connectivity index (χ1n) is 9.03. The molecular weight excluding hydrogens is 342 g/mol. The SMILES string of the molecule is Cc1nn(CC(=O)N2CCN(c3ccncc3)CC2)c(=O)c2ccccc12. The smallest absolute Gasteiger partial charge is 0.275 e. The fraction of sp³-hybridized carbons (Fsp3) is 0.300. The molecule has 0 atom stereocenters. The second-order valence-corrected chi connectivity index (χ2v) is 6.67. The van der Waals surface area contributed by atoms with Gasteiger partial charge in [0.1, 0.15) is 6.54 Å². The molecule has 1 fully saturated rings. The van der Waals surface area contributed by atoms with Gasteiger partial charge in [0.05, 0.1) is 11.1 Å². The molecule has 1 aromatic carbocycles. The van der Waals surface area contributed by atoms with Crippen molar-refractivity contribution in [3.8, 4) is 0 Å². The molecule has 0 radical (unpaired) electrons. The number of anilines is 1. The van der Waals surface area contributed by atoms with Gasteiger partial charge in [-0.25, -0.2) is 4.68 Å². The highest BCUT2D eigenvalue weighted by molar-refractivity contribution is 5.83. The largest absolute Gasteiger partial charge is 0.368 e. The average Bonchev–Trinajstić information content (AvgIpc) is 2.72. The first-order valence-corrected chi connectivity index (χ1v) is 9.03. The molecule has 1 aliphatic heterocycles. The fourth-order valence-electron chi connectivity index (χ4n) is 3.51. The predicted molar refractivity (Wildman–Crippen MR) is 104 cm³/mol. The third-order valence-electron chi connectivity index (χ3n) is 5.00. The number of benzene rings is 1. The lowest BCUT2D eigenvalue weighted by Crippen LogP contribution is -2.50. The van der Waals surface area contributed by atoms with Crippen LogP contribution in [0.5, 0.6) is 0 Å². The maximum Gasteiger partial charge on any atom is 0.275 e. The molecular formula is C20H21N5O2. The Morgan fingerprint density at radius 1 is 1.00 bits per heavy atom. The highest BCUT2D eigenvalue weighted by Gasteiger charge is 2.22. The lowest BCUT2D eigenvalue weighted by atomic mass is 10.1. The number of carbonyl (C=O) groups is 1. The summed E-state index contributed by atoms with van der Waals surface area (Å²) in [6.07, 6.45) is 3.54. The van der Waals surface area contributed by atoms with Crippen LogP contribution in [0.25, 0.3) is 10.8 Å². The van der Waals surface area contributed by atoms with E-state index in [2.05, 4.69) is 15.0 Å². The molecule has 0 spiro atoms. The van der Waals surface area contributed by atoms with E-state index in [-0.39, 0.29) is 18.0 Å². The van der Waals surface area contributed by atoms with E-state index in [0.717, 1.165) is 29.9 Å². The van der Waals surface area contributed by atoms with E-state index < -0.39 is 0 Å². The van der Waals surface area contributed by atoms with Crippen LogP contribution >= 0.6 is 0 Å². The minimum Gasteiger partial charge on any atom is -0.368 e. The minimum atomic E-state index is -0.222. The van der Waals surface area contributed by atoms with Crippen LogP contribution in [-0.4, -0.2) is 51.8 Å². The lowest BCUT2D eigenvalue weighted by molar-refractivity contribution is -0.132. The Balaban J connectivity index is 1.47. The summed E-state index contributed by atoms with van der Waals surface area (Å²) in [6.45, 7) is 4.60. The van der Waals surface area contributed by atoms with Crippen LogP contribution in [0.4, 0.5) is 5.69 Å². The van der Waals surface area contributed by atoms with E-state index in [1.807, 2.05) is 37.3 Å². The Bertz CT molecular complexity index is 1020. The second kappa shape index (κ2) is 7.19. The van der Waals surface area contributed by atoms with Gasteiger partial charge < -0.3 is 9.80 Å². The number of pyridine rings is 1. The summed E-state index contributed by atoms with van der Waals surface area (Å²) in [5, 5.41) is 5.77. The van der Waals surface area contributed by atoms with E-state index in [4.69, 9.17) is 0 Å². The molecule has 4 rings (SSSR count). The number of aromatic nitrogens is 3. The Morgan fingerprint density at radius 2 is 1.67 bits per heavy atom. The number of aryl methyl sites for hydroxylation is 1. The lowest BCUT2D eigenvalue weighted by Gasteiger charge is -2.36. The molecule has 7 nitrogen and oxygen atoms in total. The Morgan fingerprint density at radius 3 is 2.37 bits per heavy atom. The molecule has 138 valence electrons. The van der Waals surface area contributed by atoms with Crippen molar-refractivity contribution in [2.24, 2.45) is 0 Å². The van der Waals surface area contributed by atoms with Gasteiger partial charge in [-0.05, 0) is 25.1 Å². The summed E-state index contributed by atoms with van der Waals surface area (Å²) in [7, 11) is 0. The molecule has 3 aromatic rings. The average molecular weight is 363 g/mol. The summed E-state index contributed by atoms with van der Waals surface area (Å²) in [4.78, 5) is 33.4. The van der Waals surface area contributed by atoms with Gasteiger partial charge in [-0.1, -0.05) is 18.2 Å². The van der Waals surface area contributed by atoms with Gasteiger partial charge in [-0.2, -0.15) is 5.10 Å². The highest BCUT2D eigenvalue weighted by Crippen LogP contribution is 2.15. The number of hydrogen-bond acceptors (Lipinski definition) is 5. The number of hydrogen-bond donors (Lipinski definition) is 0. The van der Waals surface area contributed by atoms with Gasteiger partial charge in [0.2, 0.25) is 5.91 Å². The molecule has 0 bridgehead atoms. The predicted octanol–water partition coefficient (Wildman–Crippen LogP) is 1.45. The standard InChI is InChI=1S/C20H21N5O2/c1-15-17-4-2-3-5-18(17)20(27)25(22-15)14-19(26)24-12-10-23(11-13-24)16-6-8-21-9-7-16/h2-9H,10-14H2,1H3. The number of fused-ring (bicyclic) bond motifs is 1. The first-order chi connectivity index (χ1) is 13.1. The summed E-state index contributed by atoms with van der Waals surface area (Å²) in [6, 6.07) is 11.3. The monoisotopic (exact) mass is 363 g/mol. The molecule has 0 N–H and O–H groups in total. The van der Waals surface area contributed by atoms with E-state index >= 15 is 0 Å². The zero-order valence-electron chi connectivity index (χ0n) is 15.2. The maximum absolute atomic E-state index is 12.7. The molecule has 0 aliphatic carbocycles. The third kappa shape index (κ3) is 3.40. The molecule has 3 heterocycles. The number of piperazine rings is 1. The van der Waals surface area contributed by atoms with Gasteiger partial charge in [0.25, 0.3) is 5.56 Å².